The van der Waals surface area contributed by atoms with Crippen LogP contribution in [0, 0.1) is 11.8 Å². The number of hydrogen-bond acceptors (Lipinski definition) is 5. The summed E-state index contributed by atoms with van der Waals surface area (Å²) < 4.78 is 6.48. The molecule has 3 unspecified atom stereocenters. The van der Waals surface area contributed by atoms with E-state index in [0.717, 1.165) is 5.56 Å². The van der Waals surface area contributed by atoms with Gasteiger partial charge in [0.05, 0.1) is 30.6 Å². The third kappa shape index (κ3) is 4.46. The van der Waals surface area contributed by atoms with Crippen LogP contribution in [0.3, 0.4) is 0 Å². The quantitative estimate of drug-likeness (QED) is 0.410. The summed E-state index contributed by atoms with van der Waals surface area (Å²) >= 11 is 9.65. The number of benzene rings is 2. The zero-order chi connectivity index (χ0) is 26.3. The molecule has 3 amide bonds. The molecule has 3 aliphatic heterocycles. The monoisotopic (exact) mass is 589 g/mol. The minimum atomic E-state index is -1.19. The predicted molar refractivity (Wildman–Crippen MR) is 142 cm³/mol. The van der Waals surface area contributed by atoms with E-state index in [4.69, 9.17) is 16.3 Å². The number of anilines is 1. The number of carbonyl (C=O) groups excluding carboxylic acids is 3. The van der Waals surface area contributed by atoms with Crippen LogP contribution >= 0.6 is 27.5 Å². The predicted octanol–water partition coefficient (Wildman–Crippen LogP) is 3.11. The van der Waals surface area contributed by atoms with Crippen molar-refractivity contribution in [3.05, 3.63) is 65.2 Å². The normalized spacial score (nSPS) is 30.8. The van der Waals surface area contributed by atoms with Crippen molar-refractivity contribution in [3.8, 4) is 0 Å². The van der Waals surface area contributed by atoms with Gasteiger partial charge < -0.3 is 25.4 Å². The van der Waals surface area contributed by atoms with E-state index in [1.807, 2.05) is 37.3 Å². The van der Waals surface area contributed by atoms with Crippen LogP contribution < -0.4 is 10.6 Å². The molecule has 0 saturated carbocycles. The highest BCUT2D eigenvalue weighted by Gasteiger charge is 2.76. The van der Waals surface area contributed by atoms with E-state index in [2.05, 4.69) is 26.6 Å². The minimum Gasteiger partial charge on any atom is -0.394 e. The highest BCUT2D eigenvalue weighted by Crippen LogP contribution is 2.60. The minimum absolute atomic E-state index is 0.205. The summed E-state index contributed by atoms with van der Waals surface area (Å²) in [6, 6.07) is 14.6. The van der Waals surface area contributed by atoms with Crippen LogP contribution in [0.25, 0.3) is 0 Å². The van der Waals surface area contributed by atoms with Crippen LogP contribution in [0.1, 0.15) is 25.3 Å². The second-order valence-electron chi connectivity index (χ2n) is 9.85. The van der Waals surface area contributed by atoms with Crippen LogP contribution in [-0.2, 0) is 25.7 Å². The summed E-state index contributed by atoms with van der Waals surface area (Å²) in [6.07, 6.45) is 0.294. The van der Waals surface area contributed by atoms with E-state index < -0.39 is 41.5 Å². The van der Waals surface area contributed by atoms with Crippen molar-refractivity contribution < 1.29 is 24.2 Å². The molecular weight excluding hydrogens is 562 g/mol. The number of rotatable bonds is 8. The van der Waals surface area contributed by atoms with E-state index >= 15 is 0 Å². The standard InChI is InChI=1S/C27H29BrClN3O5/c1-2-18(14-33)32-23(25(35)31-17-10-8-16(29)9-11-17)27-12-19(28)22(37-27)20(21(27)26(32)36)24(34)30-13-15-6-4-3-5-7-15/h3-11,18-23,33H,2,12-14H2,1H3,(H,30,34)(H,31,35)/t18-,19?,20+,21-,22+,23?,27?/m0/s1. The number of ether oxygens (including phenoxy) is 1. The molecule has 3 heterocycles. The Kier molecular flexibility index (Phi) is 7.33. The molecule has 3 N–H and O–H groups in total. The smallest absolute Gasteiger partial charge is 0.250 e. The highest BCUT2D eigenvalue weighted by molar-refractivity contribution is 9.09. The Hall–Kier alpha value is -2.46. The lowest BCUT2D eigenvalue weighted by Gasteiger charge is -2.36. The molecule has 10 heteroatoms. The SMILES string of the molecule is CC[C@@H](CO)N1C(=O)[C@@H]2[C@@H](C(=O)NCc3ccccc3)[C@@H]3OC2(CC3Br)C1C(=O)Nc1ccc(Cl)cc1. The van der Waals surface area contributed by atoms with Crippen molar-refractivity contribution in [2.75, 3.05) is 11.9 Å². The molecule has 1 spiro atoms. The van der Waals surface area contributed by atoms with Crippen LogP contribution in [0.2, 0.25) is 5.02 Å². The largest absolute Gasteiger partial charge is 0.394 e. The molecule has 5 rings (SSSR count). The zero-order valence-electron chi connectivity index (χ0n) is 20.3. The molecule has 2 aromatic carbocycles. The first-order valence-electron chi connectivity index (χ1n) is 12.4. The van der Waals surface area contributed by atoms with Crippen molar-refractivity contribution in [1.29, 1.82) is 0 Å². The van der Waals surface area contributed by atoms with E-state index in [-0.39, 0.29) is 23.2 Å². The van der Waals surface area contributed by atoms with Gasteiger partial charge in [-0.3, -0.25) is 14.4 Å². The molecule has 3 fully saturated rings. The fourth-order valence-electron chi connectivity index (χ4n) is 6.12. The number of hydrogen-bond donors (Lipinski definition) is 3. The van der Waals surface area contributed by atoms with Crippen LogP contribution in [0.15, 0.2) is 54.6 Å². The molecule has 2 aromatic rings. The first-order valence-corrected chi connectivity index (χ1v) is 13.7. The molecule has 2 bridgehead atoms. The number of nitrogens with zero attached hydrogens (tertiary/aromatic N) is 1. The third-order valence-electron chi connectivity index (χ3n) is 7.77. The lowest BCUT2D eigenvalue weighted by molar-refractivity contribution is -0.144. The Morgan fingerprint density at radius 1 is 1.19 bits per heavy atom. The summed E-state index contributed by atoms with van der Waals surface area (Å²) in [6.45, 7) is 1.87. The third-order valence-corrected chi connectivity index (χ3v) is 8.87. The Morgan fingerprint density at radius 2 is 1.89 bits per heavy atom. The second-order valence-corrected chi connectivity index (χ2v) is 11.5. The first-order chi connectivity index (χ1) is 17.8. The molecule has 7 atom stereocenters. The summed E-state index contributed by atoms with van der Waals surface area (Å²) in [5, 5.41) is 16.5. The van der Waals surface area contributed by atoms with Gasteiger partial charge in [0.2, 0.25) is 17.7 Å². The molecular formula is C27H29BrClN3O5. The van der Waals surface area contributed by atoms with Gasteiger partial charge in [0.15, 0.2) is 0 Å². The van der Waals surface area contributed by atoms with Crippen LogP contribution in [0.4, 0.5) is 5.69 Å². The molecule has 3 aliphatic rings. The molecule has 0 radical (unpaired) electrons. The first kappa shape index (κ1) is 26.2. The Bertz CT molecular complexity index is 1180. The van der Waals surface area contributed by atoms with Crippen molar-refractivity contribution in [2.45, 2.75) is 54.9 Å². The van der Waals surface area contributed by atoms with Gasteiger partial charge in [-0.05, 0) is 42.7 Å². The molecule has 0 aliphatic carbocycles. The van der Waals surface area contributed by atoms with Gasteiger partial charge in [0.25, 0.3) is 0 Å². The van der Waals surface area contributed by atoms with Crippen molar-refractivity contribution in [1.82, 2.24) is 10.2 Å². The number of nitrogens with one attached hydrogen (secondary N) is 2. The van der Waals surface area contributed by atoms with Crippen LogP contribution in [0.5, 0.6) is 0 Å². The second kappa shape index (κ2) is 10.4. The summed E-state index contributed by atoms with van der Waals surface area (Å²) in [5.74, 6) is -2.63. The maximum atomic E-state index is 14.0. The maximum Gasteiger partial charge on any atom is 0.250 e. The average Bonchev–Trinajstić information content (AvgIpc) is 3.49. The average molecular weight is 591 g/mol. The maximum absolute atomic E-state index is 14.0. The van der Waals surface area contributed by atoms with E-state index in [0.29, 0.717) is 30.1 Å². The number of fused-ring (bicyclic) bond motifs is 1. The van der Waals surface area contributed by atoms with Gasteiger partial charge in [-0.25, -0.2) is 0 Å². The molecule has 196 valence electrons. The number of likely N-dealkylation sites (tertiary alicyclic amines) is 1. The highest BCUT2D eigenvalue weighted by atomic mass is 79.9. The van der Waals surface area contributed by atoms with Gasteiger partial charge >= 0.3 is 0 Å². The van der Waals surface area contributed by atoms with E-state index in [9.17, 15) is 19.5 Å². The number of aliphatic hydroxyl groups is 1. The molecule has 3 saturated heterocycles. The topological polar surface area (TPSA) is 108 Å². The Balaban J connectivity index is 1.47. The number of halogens is 2. The Morgan fingerprint density at radius 3 is 2.54 bits per heavy atom. The number of alkyl halides is 1. The zero-order valence-corrected chi connectivity index (χ0v) is 22.6. The molecule has 0 aromatic heterocycles. The lowest BCUT2D eigenvalue weighted by atomic mass is 9.70. The summed E-state index contributed by atoms with van der Waals surface area (Å²) in [7, 11) is 0. The van der Waals surface area contributed by atoms with E-state index in [1.54, 1.807) is 24.3 Å². The van der Waals surface area contributed by atoms with Gasteiger partial charge in [0.1, 0.15) is 11.6 Å². The van der Waals surface area contributed by atoms with Crippen molar-refractivity contribution in [3.63, 3.8) is 0 Å². The van der Waals surface area contributed by atoms with Gasteiger partial charge in [-0.1, -0.05) is 64.8 Å². The summed E-state index contributed by atoms with van der Waals surface area (Å²) in [5.41, 5.74) is 0.277. The molecule has 8 nitrogen and oxygen atoms in total. The fourth-order valence-corrected chi connectivity index (χ4v) is 7.19. The van der Waals surface area contributed by atoms with Crippen LogP contribution in [-0.4, -0.2) is 63.0 Å². The fraction of sp³-hybridized carbons (Fsp3) is 0.444. The van der Waals surface area contributed by atoms with Crippen molar-refractivity contribution in [2.24, 2.45) is 11.8 Å². The summed E-state index contributed by atoms with van der Waals surface area (Å²) in [4.78, 5) is 42.5. The lowest BCUT2D eigenvalue weighted by Crippen LogP contribution is -2.56. The van der Waals surface area contributed by atoms with Gasteiger partial charge in [-0.2, -0.15) is 0 Å². The number of amides is 3. The number of carbonyl (C=O) groups is 3. The van der Waals surface area contributed by atoms with Crippen molar-refractivity contribution >= 4 is 50.9 Å². The van der Waals surface area contributed by atoms with Gasteiger partial charge in [0, 0.05) is 22.1 Å². The Labute approximate surface area is 228 Å². The number of aliphatic hydroxyl groups excluding tert-OH is 1. The molecule has 37 heavy (non-hydrogen) atoms. The van der Waals surface area contributed by atoms with Gasteiger partial charge in [-0.15, -0.1) is 0 Å². The van der Waals surface area contributed by atoms with E-state index in [1.165, 1.54) is 4.90 Å².